The quantitative estimate of drug-likeness (QED) is 0.790. The minimum atomic E-state index is -0.0296. The summed E-state index contributed by atoms with van der Waals surface area (Å²) < 4.78 is 3.00. The van der Waals surface area contributed by atoms with Crippen molar-refractivity contribution in [2.24, 2.45) is 0 Å². The van der Waals surface area contributed by atoms with E-state index in [0.29, 0.717) is 17.3 Å². The second kappa shape index (κ2) is 4.82. The Hall–Kier alpha value is -1.92. The molecule has 4 rings (SSSR count). The highest BCUT2D eigenvalue weighted by Gasteiger charge is 2.24. The van der Waals surface area contributed by atoms with Gasteiger partial charge in [0.1, 0.15) is 10.5 Å². The number of nitrogens with zero attached hydrogens (tertiary/aromatic N) is 3. The van der Waals surface area contributed by atoms with Crippen LogP contribution in [0.3, 0.4) is 0 Å². The molecule has 108 valence electrons. The first kappa shape index (κ1) is 12.8. The molecule has 0 radical (unpaired) electrons. The summed E-state index contributed by atoms with van der Waals surface area (Å²) in [6.07, 6.45) is 2.13. The second-order valence-electron chi connectivity index (χ2n) is 5.42. The number of aromatic amines is 1. The van der Waals surface area contributed by atoms with E-state index in [0.717, 1.165) is 24.4 Å². The zero-order chi connectivity index (χ0) is 14.4. The molecule has 1 N–H and O–H groups in total. The van der Waals surface area contributed by atoms with Gasteiger partial charge in [-0.3, -0.25) is 9.69 Å². The third-order valence-corrected chi connectivity index (χ3v) is 5.09. The second-order valence-corrected chi connectivity index (χ2v) is 6.34. The average molecular weight is 300 g/mol. The Morgan fingerprint density at radius 3 is 3.24 bits per heavy atom. The lowest BCUT2D eigenvalue weighted by Gasteiger charge is -2.34. The zero-order valence-electron chi connectivity index (χ0n) is 11.7. The molecule has 0 aromatic carbocycles. The number of rotatable bonds is 2. The van der Waals surface area contributed by atoms with Gasteiger partial charge in [-0.1, -0.05) is 0 Å². The van der Waals surface area contributed by atoms with Crippen molar-refractivity contribution in [3.8, 4) is 0 Å². The molecule has 1 unspecified atom stereocenters. The van der Waals surface area contributed by atoms with Gasteiger partial charge in [0.15, 0.2) is 0 Å². The Morgan fingerprint density at radius 1 is 1.43 bits per heavy atom. The molecule has 0 spiro atoms. The Labute approximate surface area is 125 Å². The van der Waals surface area contributed by atoms with E-state index in [1.165, 1.54) is 17.0 Å². The molecule has 1 aliphatic heterocycles. The first-order valence-electron chi connectivity index (χ1n) is 7.08. The smallest absolute Gasteiger partial charge is 0.268 e. The van der Waals surface area contributed by atoms with Crippen LogP contribution in [0.1, 0.15) is 24.5 Å². The number of aromatic nitrogens is 3. The summed E-state index contributed by atoms with van der Waals surface area (Å²) in [5, 5.41) is 1.91. The molecule has 0 bridgehead atoms. The number of fused-ring (bicyclic) bond motifs is 2. The van der Waals surface area contributed by atoms with Crippen LogP contribution in [0.25, 0.3) is 10.2 Å². The van der Waals surface area contributed by atoms with Crippen molar-refractivity contribution < 1.29 is 0 Å². The van der Waals surface area contributed by atoms with Gasteiger partial charge in [-0.25, -0.2) is 4.98 Å². The standard InChI is InChI=1S/C15H16N4OS/c1-10-12-3-2-5-18(12)6-7-19(10)9-13-16-11-4-8-21-14(11)15(20)17-13/h2-5,8,10H,6-7,9H2,1H3,(H,16,17,20). The summed E-state index contributed by atoms with van der Waals surface area (Å²) in [6.45, 7) is 4.82. The molecule has 4 heterocycles. The highest BCUT2D eigenvalue weighted by Crippen LogP contribution is 2.26. The van der Waals surface area contributed by atoms with Crippen molar-refractivity contribution in [1.29, 1.82) is 0 Å². The summed E-state index contributed by atoms with van der Waals surface area (Å²) in [5.41, 5.74) is 2.09. The molecule has 0 aliphatic carbocycles. The number of thiophene rings is 1. The minimum absolute atomic E-state index is 0.0296. The van der Waals surface area contributed by atoms with Crippen LogP contribution in [0.15, 0.2) is 34.6 Å². The molecule has 0 amide bonds. The van der Waals surface area contributed by atoms with E-state index < -0.39 is 0 Å². The van der Waals surface area contributed by atoms with Crippen LogP contribution in [0.4, 0.5) is 0 Å². The number of nitrogens with one attached hydrogen (secondary N) is 1. The van der Waals surface area contributed by atoms with Crippen molar-refractivity contribution in [1.82, 2.24) is 19.4 Å². The lowest BCUT2D eigenvalue weighted by atomic mass is 10.1. The van der Waals surface area contributed by atoms with Crippen LogP contribution in [0.2, 0.25) is 0 Å². The Morgan fingerprint density at radius 2 is 2.33 bits per heavy atom. The van der Waals surface area contributed by atoms with Crippen LogP contribution in [-0.2, 0) is 13.1 Å². The monoisotopic (exact) mass is 300 g/mol. The van der Waals surface area contributed by atoms with Gasteiger partial charge in [0, 0.05) is 31.0 Å². The van der Waals surface area contributed by atoms with Crippen LogP contribution < -0.4 is 5.56 Å². The molecular weight excluding hydrogens is 284 g/mol. The van der Waals surface area contributed by atoms with E-state index in [9.17, 15) is 4.79 Å². The Bertz CT molecular complexity index is 847. The summed E-state index contributed by atoms with van der Waals surface area (Å²) >= 11 is 1.44. The molecule has 6 heteroatoms. The SMILES string of the molecule is CC1c2cccn2CCN1Cc1nc2ccsc2c(=O)[nH]1. The van der Waals surface area contributed by atoms with E-state index in [2.05, 4.69) is 44.7 Å². The molecule has 1 aliphatic rings. The van der Waals surface area contributed by atoms with Crippen LogP contribution in [-0.4, -0.2) is 26.0 Å². The zero-order valence-corrected chi connectivity index (χ0v) is 12.6. The summed E-state index contributed by atoms with van der Waals surface area (Å²) in [7, 11) is 0. The predicted octanol–water partition coefficient (Wildman–Crippen LogP) is 2.36. The normalized spacial score (nSPS) is 19.0. The van der Waals surface area contributed by atoms with E-state index in [1.54, 1.807) is 0 Å². The first-order chi connectivity index (χ1) is 10.2. The number of H-pyrrole nitrogens is 1. The van der Waals surface area contributed by atoms with Crippen molar-refractivity contribution in [2.75, 3.05) is 6.54 Å². The lowest BCUT2D eigenvalue weighted by molar-refractivity contribution is 0.157. The van der Waals surface area contributed by atoms with Gasteiger partial charge in [-0.2, -0.15) is 0 Å². The molecule has 0 saturated heterocycles. The van der Waals surface area contributed by atoms with Crippen molar-refractivity contribution in [3.63, 3.8) is 0 Å². The van der Waals surface area contributed by atoms with Crippen molar-refractivity contribution in [3.05, 3.63) is 51.6 Å². The van der Waals surface area contributed by atoms with Crippen molar-refractivity contribution >= 4 is 21.6 Å². The fraction of sp³-hybridized carbons (Fsp3) is 0.333. The first-order valence-corrected chi connectivity index (χ1v) is 7.96. The lowest BCUT2D eigenvalue weighted by Crippen LogP contribution is -2.36. The minimum Gasteiger partial charge on any atom is -0.349 e. The predicted molar refractivity (Wildman–Crippen MR) is 83.5 cm³/mol. The van der Waals surface area contributed by atoms with Crippen LogP contribution in [0, 0.1) is 0 Å². The van der Waals surface area contributed by atoms with Crippen molar-refractivity contribution in [2.45, 2.75) is 26.1 Å². The topological polar surface area (TPSA) is 53.9 Å². The molecule has 1 atom stereocenters. The molecule has 5 nitrogen and oxygen atoms in total. The molecule has 0 fully saturated rings. The number of hydrogen-bond donors (Lipinski definition) is 1. The van der Waals surface area contributed by atoms with Gasteiger partial charge in [-0.15, -0.1) is 11.3 Å². The van der Waals surface area contributed by atoms with E-state index in [1.807, 2.05) is 11.4 Å². The van der Waals surface area contributed by atoms with E-state index in [4.69, 9.17) is 0 Å². The molecule has 0 saturated carbocycles. The average Bonchev–Trinajstić information content (AvgIpc) is 3.10. The van der Waals surface area contributed by atoms with Gasteiger partial charge in [0.2, 0.25) is 0 Å². The largest absolute Gasteiger partial charge is 0.349 e. The maximum atomic E-state index is 12.0. The molecule has 3 aromatic rings. The van der Waals surface area contributed by atoms with Crippen LogP contribution >= 0.6 is 11.3 Å². The fourth-order valence-corrected chi connectivity index (χ4v) is 3.76. The van der Waals surface area contributed by atoms with Gasteiger partial charge >= 0.3 is 0 Å². The Kier molecular flexibility index (Phi) is 2.94. The summed E-state index contributed by atoms with van der Waals surface area (Å²) in [6, 6.07) is 6.49. The fourth-order valence-electron chi connectivity index (χ4n) is 3.03. The maximum Gasteiger partial charge on any atom is 0.268 e. The van der Waals surface area contributed by atoms with Gasteiger partial charge in [0.25, 0.3) is 5.56 Å². The summed E-state index contributed by atoms with van der Waals surface area (Å²) in [5.74, 6) is 0.748. The molecular formula is C15H16N4OS. The van der Waals surface area contributed by atoms with E-state index >= 15 is 0 Å². The molecule has 3 aromatic heterocycles. The van der Waals surface area contributed by atoms with Gasteiger partial charge in [-0.05, 0) is 30.5 Å². The van der Waals surface area contributed by atoms with Gasteiger partial charge < -0.3 is 9.55 Å². The van der Waals surface area contributed by atoms with E-state index in [-0.39, 0.29) is 5.56 Å². The number of hydrogen-bond acceptors (Lipinski definition) is 4. The maximum absolute atomic E-state index is 12.0. The summed E-state index contributed by atoms with van der Waals surface area (Å²) in [4.78, 5) is 21.9. The third kappa shape index (κ3) is 2.11. The van der Waals surface area contributed by atoms with Crippen LogP contribution in [0.5, 0.6) is 0 Å². The highest BCUT2D eigenvalue weighted by atomic mass is 32.1. The van der Waals surface area contributed by atoms with Gasteiger partial charge in [0.05, 0.1) is 12.1 Å². The highest BCUT2D eigenvalue weighted by molar-refractivity contribution is 7.17. The Balaban J connectivity index is 1.64. The third-order valence-electron chi connectivity index (χ3n) is 4.19. The molecule has 21 heavy (non-hydrogen) atoms.